The number of nitro benzene ring substituents is 1. The van der Waals surface area contributed by atoms with E-state index in [0.717, 1.165) is 0 Å². The summed E-state index contributed by atoms with van der Waals surface area (Å²) in [7, 11) is -3.91. The highest BCUT2D eigenvalue weighted by atomic mass is 32.2. The quantitative estimate of drug-likeness (QED) is 0.668. The summed E-state index contributed by atoms with van der Waals surface area (Å²) in [6, 6.07) is 4.01. The van der Waals surface area contributed by atoms with Gasteiger partial charge in [0.2, 0.25) is 10.0 Å². The van der Waals surface area contributed by atoms with Crippen LogP contribution < -0.4 is 5.73 Å². The molecule has 2 rings (SSSR count). The van der Waals surface area contributed by atoms with Crippen molar-refractivity contribution in [2.24, 2.45) is 11.7 Å². The van der Waals surface area contributed by atoms with E-state index in [-0.39, 0.29) is 29.1 Å². The number of hydrogen-bond donors (Lipinski definition) is 1. The standard InChI is InChI=1S/C13H19N3O4S/c1-9-6-7-15(8-11(9)14)21(19,20)13-10(2)4-3-5-12(13)16(17)18/h3-5,9,11H,6-8,14H2,1-2H3. The van der Waals surface area contributed by atoms with Gasteiger partial charge >= 0.3 is 0 Å². The lowest BCUT2D eigenvalue weighted by molar-refractivity contribution is -0.387. The number of aryl methyl sites for hydroxylation is 1. The molecule has 1 fully saturated rings. The van der Waals surface area contributed by atoms with Gasteiger partial charge in [0.05, 0.1) is 4.92 Å². The molecule has 0 radical (unpaired) electrons. The molecule has 1 heterocycles. The molecule has 1 aliphatic heterocycles. The van der Waals surface area contributed by atoms with E-state index in [1.165, 1.54) is 16.4 Å². The predicted molar refractivity (Wildman–Crippen MR) is 78.3 cm³/mol. The van der Waals surface area contributed by atoms with Crippen molar-refractivity contribution in [3.8, 4) is 0 Å². The van der Waals surface area contributed by atoms with E-state index in [4.69, 9.17) is 5.73 Å². The molecule has 0 bridgehead atoms. The highest BCUT2D eigenvalue weighted by Crippen LogP contribution is 2.31. The van der Waals surface area contributed by atoms with Crippen LogP contribution in [-0.4, -0.2) is 36.8 Å². The van der Waals surface area contributed by atoms with Crippen molar-refractivity contribution >= 4 is 15.7 Å². The van der Waals surface area contributed by atoms with E-state index in [0.29, 0.717) is 18.5 Å². The molecular formula is C13H19N3O4S. The monoisotopic (exact) mass is 313 g/mol. The summed E-state index contributed by atoms with van der Waals surface area (Å²) in [5.41, 5.74) is 5.92. The molecule has 1 aliphatic rings. The predicted octanol–water partition coefficient (Wildman–Crippen LogP) is 1.26. The zero-order valence-corrected chi connectivity index (χ0v) is 12.8. The summed E-state index contributed by atoms with van der Waals surface area (Å²) >= 11 is 0. The lowest BCUT2D eigenvalue weighted by Crippen LogP contribution is -2.49. The number of rotatable bonds is 3. The molecule has 1 aromatic carbocycles. The molecule has 0 saturated carbocycles. The maximum absolute atomic E-state index is 12.8. The molecule has 0 aliphatic carbocycles. The number of piperidine rings is 1. The van der Waals surface area contributed by atoms with E-state index in [1.807, 2.05) is 6.92 Å². The minimum atomic E-state index is -3.91. The van der Waals surface area contributed by atoms with E-state index in [2.05, 4.69) is 0 Å². The Morgan fingerprint density at radius 1 is 1.43 bits per heavy atom. The van der Waals surface area contributed by atoms with E-state index in [9.17, 15) is 18.5 Å². The first-order valence-corrected chi connectivity index (χ1v) is 8.19. The fraction of sp³-hybridized carbons (Fsp3) is 0.538. The van der Waals surface area contributed by atoms with Crippen LogP contribution in [0.25, 0.3) is 0 Å². The SMILES string of the molecule is Cc1cccc([N+](=O)[O-])c1S(=O)(=O)N1CCC(C)C(N)C1. The minimum absolute atomic E-state index is 0.189. The minimum Gasteiger partial charge on any atom is -0.326 e. The van der Waals surface area contributed by atoms with Crippen LogP contribution in [0, 0.1) is 23.0 Å². The Morgan fingerprint density at radius 2 is 2.10 bits per heavy atom. The fourth-order valence-electron chi connectivity index (χ4n) is 2.53. The summed E-state index contributed by atoms with van der Waals surface area (Å²) in [4.78, 5) is 10.2. The van der Waals surface area contributed by atoms with Crippen LogP contribution in [0.4, 0.5) is 5.69 Å². The molecule has 2 atom stereocenters. The Kier molecular flexibility index (Phi) is 4.31. The third-order valence-corrected chi connectivity index (χ3v) is 6.02. The molecule has 8 heteroatoms. The molecular weight excluding hydrogens is 294 g/mol. The number of nitro groups is 1. The zero-order valence-electron chi connectivity index (χ0n) is 12.0. The molecule has 0 aromatic heterocycles. The van der Waals surface area contributed by atoms with Crippen molar-refractivity contribution < 1.29 is 13.3 Å². The van der Waals surface area contributed by atoms with Gasteiger partial charge in [0.15, 0.2) is 4.90 Å². The third-order valence-electron chi connectivity index (χ3n) is 3.96. The molecule has 0 spiro atoms. The maximum Gasteiger partial charge on any atom is 0.289 e. The van der Waals surface area contributed by atoms with Crippen molar-refractivity contribution in [1.82, 2.24) is 4.31 Å². The second kappa shape index (κ2) is 5.70. The zero-order chi connectivity index (χ0) is 15.8. The van der Waals surface area contributed by atoms with Gasteiger partial charge in [-0.1, -0.05) is 19.1 Å². The maximum atomic E-state index is 12.8. The lowest BCUT2D eigenvalue weighted by atomic mass is 9.96. The molecule has 1 aromatic rings. The molecule has 2 unspecified atom stereocenters. The molecule has 7 nitrogen and oxygen atoms in total. The Morgan fingerprint density at radius 3 is 2.67 bits per heavy atom. The first kappa shape index (κ1) is 15.9. The fourth-order valence-corrected chi connectivity index (χ4v) is 4.39. The third kappa shape index (κ3) is 2.92. The molecule has 2 N–H and O–H groups in total. The second-order valence-corrected chi connectivity index (χ2v) is 7.35. The molecule has 0 amide bonds. The average Bonchev–Trinajstić information content (AvgIpc) is 2.41. The Bertz CT molecular complexity index is 659. The van der Waals surface area contributed by atoms with Crippen LogP contribution in [0.15, 0.2) is 23.1 Å². The summed E-state index contributed by atoms with van der Waals surface area (Å²) in [5, 5.41) is 11.1. The Balaban J connectivity index is 2.48. The van der Waals surface area contributed by atoms with Gasteiger partial charge in [0.1, 0.15) is 0 Å². The first-order valence-electron chi connectivity index (χ1n) is 6.75. The Hall–Kier alpha value is -1.51. The van der Waals surface area contributed by atoms with Gasteiger partial charge in [-0.2, -0.15) is 4.31 Å². The summed E-state index contributed by atoms with van der Waals surface area (Å²) in [5.74, 6) is 0.239. The summed E-state index contributed by atoms with van der Waals surface area (Å²) in [6.07, 6.45) is 0.653. The highest BCUT2D eigenvalue weighted by molar-refractivity contribution is 7.89. The number of nitrogens with zero attached hydrogens (tertiary/aromatic N) is 2. The first-order chi connectivity index (χ1) is 9.75. The largest absolute Gasteiger partial charge is 0.326 e. The van der Waals surface area contributed by atoms with Crippen LogP contribution in [0.2, 0.25) is 0 Å². The smallest absolute Gasteiger partial charge is 0.289 e. The van der Waals surface area contributed by atoms with E-state index < -0.39 is 14.9 Å². The molecule has 21 heavy (non-hydrogen) atoms. The van der Waals surface area contributed by atoms with Crippen LogP contribution >= 0.6 is 0 Å². The van der Waals surface area contributed by atoms with Gasteiger partial charge in [-0.15, -0.1) is 0 Å². The van der Waals surface area contributed by atoms with Crippen LogP contribution in [-0.2, 0) is 10.0 Å². The normalized spacial score (nSPS) is 24.0. The van der Waals surface area contributed by atoms with Crippen molar-refractivity contribution in [3.05, 3.63) is 33.9 Å². The van der Waals surface area contributed by atoms with E-state index in [1.54, 1.807) is 13.0 Å². The molecule has 1 saturated heterocycles. The van der Waals surface area contributed by atoms with Crippen molar-refractivity contribution in [2.75, 3.05) is 13.1 Å². The lowest BCUT2D eigenvalue weighted by Gasteiger charge is -2.34. The van der Waals surface area contributed by atoms with Crippen LogP contribution in [0.1, 0.15) is 18.9 Å². The van der Waals surface area contributed by atoms with Crippen LogP contribution in [0.5, 0.6) is 0 Å². The van der Waals surface area contributed by atoms with Crippen molar-refractivity contribution in [3.63, 3.8) is 0 Å². The number of sulfonamides is 1. The van der Waals surface area contributed by atoms with Gasteiger partial charge in [-0.05, 0) is 24.8 Å². The van der Waals surface area contributed by atoms with E-state index >= 15 is 0 Å². The van der Waals surface area contributed by atoms with Gasteiger partial charge in [-0.3, -0.25) is 10.1 Å². The van der Waals surface area contributed by atoms with Crippen molar-refractivity contribution in [2.45, 2.75) is 31.2 Å². The number of benzene rings is 1. The Labute approximate surface area is 123 Å². The van der Waals surface area contributed by atoms with Gasteiger partial charge in [0.25, 0.3) is 5.69 Å². The number of hydrogen-bond acceptors (Lipinski definition) is 5. The van der Waals surface area contributed by atoms with Crippen LogP contribution in [0.3, 0.4) is 0 Å². The number of nitrogens with two attached hydrogens (primary N) is 1. The molecule has 116 valence electrons. The van der Waals surface area contributed by atoms with Crippen molar-refractivity contribution in [1.29, 1.82) is 0 Å². The second-order valence-electron chi connectivity index (χ2n) is 5.47. The highest BCUT2D eigenvalue weighted by Gasteiger charge is 2.36. The van der Waals surface area contributed by atoms with Gasteiger partial charge in [0, 0.05) is 25.2 Å². The topological polar surface area (TPSA) is 107 Å². The van der Waals surface area contributed by atoms with Gasteiger partial charge < -0.3 is 5.73 Å². The summed E-state index contributed by atoms with van der Waals surface area (Å²) in [6.45, 7) is 4.06. The van der Waals surface area contributed by atoms with Gasteiger partial charge in [-0.25, -0.2) is 8.42 Å². The summed E-state index contributed by atoms with van der Waals surface area (Å²) < 4.78 is 26.8. The average molecular weight is 313 g/mol.